The van der Waals surface area contributed by atoms with E-state index in [2.05, 4.69) is 20.8 Å². The van der Waals surface area contributed by atoms with E-state index in [0.29, 0.717) is 11.6 Å². The second-order valence-corrected chi connectivity index (χ2v) is 4.77. The Morgan fingerprint density at radius 3 is 2.77 bits per heavy atom. The van der Waals surface area contributed by atoms with Crippen LogP contribution in [0.4, 0.5) is 10.1 Å². The van der Waals surface area contributed by atoms with Crippen LogP contribution in [0, 0.1) is 12.7 Å². The van der Waals surface area contributed by atoms with Crippen molar-refractivity contribution < 1.29 is 18.5 Å². The van der Waals surface area contributed by atoms with E-state index < -0.39 is 17.6 Å². The summed E-state index contributed by atoms with van der Waals surface area (Å²) in [5.74, 6) is -0.883. The number of rotatable bonds is 5. The average molecular weight is 327 g/mol. The molecule has 0 saturated heterocycles. The van der Waals surface area contributed by atoms with E-state index in [1.807, 2.05) is 0 Å². The Labute approximate surface area is 129 Å². The summed E-state index contributed by atoms with van der Waals surface area (Å²) >= 11 is 5.60. The monoisotopic (exact) mass is 326 g/mol. The van der Waals surface area contributed by atoms with E-state index in [1.54, 1.807) is 6.92 Å². The van der Waals surface area contributed by atoms with Crippen molar-refractivity contribution in [3.63, 3.8) is 0 Å². The quantitative estimate of drug-likeness (QED) is 0.867. The number of nitrogens with one attached hydrogen (secondary N) is 2. The van der Waals surface area contributed by atoms with Gasteiger partial charge in [-0.3, -0.25) is 9.59 Å². The van der Waals surface area contributed by atoms with E-state index in [4.69, 9.17) is 16.1 Å². The number of amides is 2. The van der Waals surface area contributed by atoms with Crippen molar-refractivity contribution in [2.24, 2.45) is 0 Å². The summed E-state index contributed by atoms with van der Waals surface area (Å²) in [6.07, 6.45) is -0.0903. The summed E-state index contributed by atoms with van der Waals surface area (Å²) in [7, 11) is 0. The Kier molecular flexibility index (Phi) is 5.05. The van der Waals surface area contributed by atoms with Crippen LogP contribution in [0.2, 0.25) is 5.02 Å². The highest BCUT2D eigenvalue weighted by molar-refractivity contribution is 6.31. The van der Waals surface area contributed by atoms with Gasteiger partial charge in [-0.1, -0.05) is 16.8 Å². The molecule has 116 valence electrons. The summed E-state index contributed by atoms with van der Waals surface area (Å²) in [5.41, 5.74) is 0.333. The molecule has 2 N–H and O–H groups in total. The van der Waals surface area contributed by atoms with E-state index >= 15 is 0 Å². The number of hydrogen-bond donors (Lipinski definition) is 2. The smallest absolute Gasteiger partial charge is 0.243 e. The Balaban J connectivity index is 1.79. The number of nitrogens with zero attached hydrogens (tertiary/aromatic N) is 2. The third kappa shape index (κ3) is 4.52. The number of hydrogen-bond acceptors (Lipinski definition) is 5. The van der Waals surface area contributed by atoms with E-state index in [0.717, 1.165) is 6.07 Å². The zero-order valence-corrected chi connectivity index (χ0v) is 12.3. The number of benzene rings is 1. The van der Waals surface area contributed by atoms with Crippen molar-refractivity contribution in [1.82, 2.24) is 15.5 Å². The molecule has 0 saturated carbocycles. The fourth-order valence-electron chi connectivity index (χ4n) is 1.58. The van der Waals surface area contributed by atoms with Gasteiger partial charge in [0.25, 0.3) is 0 Å². The van der Waals surface area contributed by atoms with Gasteiger partial charge in [0.1, 0.15) is 5.82 Å². The number of carbonyl (C=O) groups is 2. The van der Waals surface area contributed by atoms with Crippen LogP contribution in [0.3, 0.4) is 0 Å². The van der Waals surface area contributed by atoms with E-state index in [-0.39, 0.29) is 23.8 Å². The number of aromatic nitrogens is 2. The predicted molar refractivity (Wildman–Crippen MR) is 75.8 cm³/mol. The molecule has 2 aromatic rings. The molecular formula is C13H12ClFN4O3. The lowest BCUT2D eigenvalue weighted by Crippen LogP contribution is -2.34. The lowest BCUT2D eigenvalue weighted by atomic mass is 10.3. The second-order valence-electron chi connectivity index (χ2n) is 4.36. The molecule has 0 radical (unpaired) electrons. The first-order valence-corrected chi connectivity index (χ1v) is 6.62. The number of halogens is 2. The molecule has 7 nitrogen and oxygen atoms in total. The van der Waals surface area contributed by atoms with Crippen molar-refractivity contribution in [3.05, 3.63) is 40.8 Å². The van der Waals surface area contributed by atoms with Crippen LogP contribution in [0.25, 0.3) is 0 Å². The van der Waals surface area contributed by atoms with Crippen LogP contribution in [-0.2, 0) is 16.0 Å². The molecule has 0 fully saturated rings. The highest BCUT2D eigenvalue weighted by Crippen LogP contribution is 2.19. The summed E-state index contributed by atoms with van der Waals surface area (Å²) in [5, 5.41) is 8.35. The molecule has 0 spiro atoms. The molecular weight excluding hydrogens is 315 g/mol. The van der Waals surface area contributed by atoms with Crippen LogP contribution >= 0.6 is 11.6 Å². The maximum Gasteiger partial charge on any atom is 0.243 e. The SMILES string of the molecule is Cc1nc(CC(=O)NCC(=O)Nc2ccc(F)c(Cl)c2)no1. The fourth-order valence-corrected chi connectivity index (χ4v) is 1.76. The van der Waals surface area contributed by atoms with Crippen LogP contribution in [0.5, 0.6) is 0 Å². The number of aryl methyl sites for hydroxylation is 1. The molecule has 0 atom stereocenters. The number of anilines is 1. The Morgan fingerprint density at radius 2 is 2.14 bits per heavy atom. The van der Waals surface area contributed by atoms with Gasteiger partial charge in [0.05, 0.1) is 18.0 Å². The highest BCUT2D eigenvalue weighted by Gasteiger charge is 2.11. The van der Waals surface area contributed by atoms with Gasteiger partial charge in [-0.25, -0.2) is 4.39 Å². The first-order valence-electron chi connectivity index (χ1n) is 6.25. The van der Waals surface area contributed by atoms with E-state index in [9.17, 15) is 14.0 Å². The second kappa shape index (κ2) is 6.99. The maximum atomic E-state index is 13.0. The van der Waals surface area contributed by atoms with E-state index in [1.165, 1.54) is 12.1 Å². The predicted octanol–water partition coefficient (Wildman–Crippen LogP) is 1.47. The third-order valence-electron chi connectivity index (χ3n) is 2.54. The minimum Gasteiger partial charge on any atom is -0.347 e. The van der Waals surface area contributed by atoms with Gasteiger partial charge >= 0.3 is 0 Å². The Hall–Kier alpha value is -2.48. The van der Waals surface area contributed by atoms with Crippen molar-refractivity contribution >= 4 is 29.1 Å². The van der Waals surface area contributed by atoms with Crippen LogP contribution in [0.1, 0.15) is 11.7 Å². The lowest BCUT2D eigenvalue weighted by Gasteiger charge is -2.07. The molecule has 0 aliphatic rings. The topological polar surface area (TPSA) is 97.1 Å². The van der Waals surface area contributed by atoms with Gasteiger partial charge in [-0.05, 0) is 18.2 Å². The highest BCUT2D eigenvalue weighted by atomic mass is 35.5. The Morgan fingerprint density at radius 1 is 1.36 bits per heavy atom. The van der Waals surface area contributed by atoms with Gasteiger partial charge in [0.15, 0.2) is 5.82 Å². The van der Waals surface area contributed by atoms with Crippen molar-refractivity contribution in [3.8, 4) is 0 Å². The molecule has 9 heteroatoms. The van der Waals surface area contributed by atoms with Crippen molar-refractivity contribution in [2.75, 3.05) is 11.9 Å². The van der Waals surface area contributed by atoms with Crippen molar-refractivity contribution in [2.45, 2.75) is 13.3 Å². The molecule has 0 unspecified atom stereocenters. The van der Waals surface area contributed by atoms with Gasteiger partial charge < -0.3 is 15.2 Å². The van der Waals surface area contributed by atoms with Gasteiger partial charge in [-0.15, -0.1) is 0 Å². The molecule has 2 rings (SSSR count). The van der Waals surface area contributed by atoms with Gasteiger partial charge in [-0.2, -0.15) is 4.98 Å². The minimum absolute atomic E-state index is 0.0903. The summed E-state index contributed by atoms with van der Waals surface area (Å²) in [6.45, 7) is 1.36. The molecule has 0 aliphatic heterocycles. The van der Waals surface area contributed by atoms with Gasteiger partial charge in [0, 0.05) is 12.6 Å². The maximum absolute atomic E-state index is 13.0. The standard InChI is InChI=1S/C13H12ClFN4O3/c1-7-17-11(19-22-7)5-12(20)16-6-13(21)18-8-2-3-10(15)9(14)4-8/h2-4H,5-6H2,1H3,(H,16,20)(H,18,21). The summed E-state index contributed by atoms with van der Waals surface area (Å²) in [4.78, 5) is 27.1. The molecule has 0 aliphatic carbocycles. The first kappa shape index (κ1) is 15.9. The summed E-state index contributed by atoms with van der Waals surface area (Å²) in [6, 6.07) is 3.77. The molecule has 1 heterocycles. The lowest BCUT2D eigenvalue weighted by molar-refractivity contribution is -0.123. The third-order valence-corrected chi connectivity index (χ3v) is 2.83. The zero-order chi connectivity index (χ0) is 16.1. The Bertz CT molecular complexity index is 704. The summed E-state index contributed by atoms with van der Waals surface area (Å²) < 4.78 is 17.7. The first-order chi connectivity index (χ1) is 10.4. The van der Waals surface area contributed by atoms with Crippen LogP contribution < -0.4 is 10.6 Å². The average Bonchev–Trinajstić information content (AvgIpc) is 2.86. The molecule has 0 bridgehead atoms. The number of carbonyl (C=O) groups excluding carboxylic acids is 2. The van der Waals surface area contributed by atoms with Crippen LogP contribution in [-0.4, -0.2) is 28.5 Å². The molecule has 22 heavy (non-hydrogen) atoms. The van der Waals surface area contributed by atoms with Crippen molar-refractivity contribution in [1.29, 1.82) is 0 Å². The molecule has 1 aromatic carbocycles. The van der Waals surface area contributed by atoms with Gasteiger partial charge in [0.2, 0.25) is 17.7 Å². The van der Waals surface area contributed by atoms with Crippen LogP contribution in [0.15, 0.2) is 22.7 Å². The fraction of sp³-hybridized carbons (Fsp3) is 0.231. The zero-order valence-electron chi connectivity index (χ0n) is 11.5. The molecule has 2 amide bonds. The largest absolute Gasteiger partial charge is 0.347 e. The minimum atomic E-state index is -0.580. The molecule has 1 aromatic heterocycles. The normalized spacial score (nSPS) is 10.3.